The van der Waals surface area contributed by atoms with E-state index in [0.29, 0.717) is 37.4 Å². The van der Waals surface area contributed by atoms with Gasteiger partial charge in [0.25, 0.3) is 6.10 Å². The maximum Gasteiger partial charge on any atom is 0.434 e. The summed E-state index contributed by atoms with van der Waals surface area (Å²) in [7, 11) is 0. The lowest BCUT2D eigenvalue weighted by Gasteiger charge is -2.36. The molecule has 0 bridgehead atoms. The van der Waals surface area contributed by atoms with Crippen LogP contribution in [0.4, 0.5) is 50.0 Å². The van der Waals surface area contributed by atoms with Crippen molar-refractivity contribution < 1.29 is 58.6 Å². The van der Waals surface area contributed by atoms with Gasteiger partial charge in [0.1, 0.15) is 5.60 Å². The number of carbonyl (C=O) groups excluding carboxylic acids is 2. The molecule has 3 aliphatic heterocycles. The van der Waals surface area contributed by atoms with Gasteiger partial charge in [-0.25, -0.2) is 4.79 Å². The van der Waals surface area contributed by atoms with Crippen LogP contribution >= 0.6 is 0 Å². The molecule has 0 aromatic heterocycles. The number of halogens is 9. The molecule has 254 valence electrons. The second-order valence-corrected chi connectivity index (χ2v) is 12.7. The molecular formula is C28H35F9N4O4. The fourth-order valence-electron chi connectivity index (χ4n) is 5.96. The maximum atomic E-state index is 13.7. The number of hydrogen-bond acceptors (Lipinski definition) is 7. The Morgan fingerprint density at radius 2 is 1.38 bits per heavy atom. The molecule has 3 saturated heterocycles. The molecule has 1 aromatic rings. The second kappa shape index (κ2) is 12.7. The summed E-state index contributed by atoms with van der Waals surface area (Å²) in [5.41, 5.74) is -0.527. The first kappa shape index (κ1) is 34.9. The number of amides is 1. The van der Waals surface area contributed by atoms with E-state index >= 15 is 0 Å². The number of fused-ring (bicyclic) bond motifs is 1. The van der Waals surface area contributed by atoms with E-state index in [2.05, 4.69) is 4.74 Å². The van der Waals surface area contributed by atoms with Crippen LogP contribution < -0.4 is 4.90 Å². The van der Waals surface area contributed by atoms with Crippen molar-refractivity contribution in [2.75, 3.05) is 63.8 Å². The lowest BCUT2D eigenvalue weighted by molar-refractivity contribution is -0.308. The Morgan fingerprint density at radius 1 is 0.822 bits per heavy atom. The van der Waals surface area contributed by atoms with Crippen LogP contribution in [0, 0.1) is 11.8 Å². The molecule has 4 rings (SSSR count). The fourth-order valence-corrected chi connectivity index (χ4v) is 5.96. The molecule has 1 aromatic carbocycles. The summed E-state index contributed by atoms with van der Waals surface area (Å²) in [5.74, 6) is -0.128. The van der Waals surface area contributed by atoms with Gasteiger partial charge in [0.05, 0.1) is 12.1 Å². The first-order valence-corrected chi connectivity index (χ1v) is 14.3. The van der Waals surface area contributed by atoms with Crippen LogP contribution in [0.25, 0.3) is 0 Å². The SMILES string of the molecule is CC(C)(C)OC(=O)CN1CC2CN(c3cc(C(F)(F)F)ccc3CN3CCN(C(=O)OC(C(F)(F)F)C(F)(F)F)CC3)CC2C1. The molecule has 0 radical (unpaired) electrons. The van der Waals surface area contributed by atoms with Gasteiger partial charge in [0.2, 0.25) is 0 Å². The Kier molecular flexibility index (Phi) is 9.84. The van der Waals surface area contributed by atoms with Crippen molar-refractivity contribution >= 4 is 17.7 Å². The number of anilines is 1. The van der Waals surface area contributed by atoms with Gasteiger partial charge in [-0.05, 0) is 50.3 Å². The Bertz CT molecular complexity index is 1200. The van der Waals surface area contributed by atoms with Gasteiger partial charge < -0.3 is 19.3 Å². The highest BCUT2D eigenvalue weighted by Gasteiger charge is 2.60. The first-order valence-electron chi connectivity index (χ1n) is 14.3. The zero-order chi connectivity index (χ0) is 33.5. The van der Waals surface area contributed by atoms with Gasteiger partial charge in [-0.1, -0.05) is 6.07 Å². The first-order chi connectivity index (χ1) is 20.6. The number of esters is 1. The van der Waals surface area contributed by atoms with Gasteiger partial charge in [0.15, 0.2) is 0 Å². The Labute approximate surface area is 254 Å². The van der Waals surface area contributed by atoms with Gasteiger partial charge in [-0.3, -0.25) is 14.6 Å². The molecule has 17 heteroatoms. The highest BCUT2D eigenvalue weighted by Crippen LogP contribution is 2.39. The summed E-state index contributed by atoms with van der Waals surface area (Å²) in [6.45, 7) is 7.27. The van der Waals surface area contributed by atoms with Gasteiger partial charge >= 0.3 is 30.6 Å². The Morgan fingerprint density at radius 3 is 1.87 bits per heavy atom. The van der Waals surface area contributed by atoms with Crippen LogP contribution in [0.3, 0.4) is 0 Å². The minimum Gasteiger partial charge on any atom is -0.459 e. The van der Waals surface area contributed by atoms with Crippen molar-refractivity contribution in [2.24, 2.45) is 11.8 Å². The van der Waals surface area contributed by atoms with Crippen LogP contribution in [-0.4, -0.2) is 110 Å². The summed E-state index contributed by atoms with van der Waals surface area (Å²) in [4.78, 5) is 30.7. The zero-order valence-electron chi connectivity index (χ0n) is 24.9. The number of ether oxygens (including phenoxy) is 2. The third-order valence-electron chi connectivity index (χ3n) is 7.93. The monoisotopic (exact) mass is 662 g/mol. The van der Waals surface area contributed by atoms with Crippen molar-refractivity contribution in [1.82, 2.24) is 14.7 Å². The average Bonchev–Trinajstić information content (AvgIpc) is 3.43. The Balaban J connectivity index is 1.39. The topological polar surface area (TPSA) is 65.6 Å². The predicted molar refractivity (Wildman–Crippen MR) is 142 cm³/mol. The smallest absolute Gasteiger partial charge is 0.434 e. The number of carbonyl (C=O) groups is 2. The highest BCUT2D eigenvalue weighted by molar-refractivity contribution is 5.72. The molecule has 3 fully saturated rings. The van der Waals surface area contributed by atoms with Gasteiger partial charge in [0, 0.05) is 64.6 Å². The Hall–Kier alpha value is -2.95. The van der Waals surface area contributed by atoms with E-state index < -0.39 is 41.9 Å². The van der Waals surface area contributed by atoms with Gasteiger partial charge in [-0.15, -0.1) is 0 Å². The van der Waals surface area contributed by atoms with Crippen LogP contribution in [0.5, 0.6) is 0 Å². The van der Waals surface area contributed by atoms with Crippen LogP contribution in [-0.2, 0) is 27.0 Å². The summed E-state index contributed by atoms with van der Waals surface area (Å²) in [6.07, 6.45) is -22.3. The molecule has 0 saturated carbocycles. The second-order valence-electron chi connectivity index (χ2n) is 12.7. The number of piperazine rings is 1. The molecule has 3 aliphatic rings. The molecule has 0 N–H and O–H groups in total. The maximum absolute atomic E-state index is 13.7. The third-order valence-corrected chi connectivity index (χ3v) is 7.93. The van der Waals surface area contributed by atoms with Crippen molar-refractivity contribution in [3.63, 3.8) is 0 Å². The summed E-state index contributed by atoms with van der Waals surface area (Å²) in [6, 6.07) is 3.40. The van der Waals surface area contributed by atoms with E-state index in [1.165, 1.54) is 6.07 Å². The van der Waals surface area contributed by atoms with E-state index in [1.807, 2.05) is 9.80 Å². The van der Waals surface area contributed by atoms with E-state index in [9.17, 15) is 49.1 Å². The lowest BCUT2D eigenvalue weighted by Crippen LogP contribution is -2.52. The molecule has 3 heterocycles. The molecule has 8 nitrogen and oxygen atoms in total. The average molecular weight is 663 g/mol. The minimum absolute atomic E-state index is 0.0448. The lowest BCUT2D eigenvalue weighted by atomic mass is 10.0. The number of rotatable bonds is 6. The molecule has 2 unspecified atom stereocenters. The third kappa shape index (κ3) is 9.08. The van der Waals surface area contributed by atoms with Crippen LogP contribution in [0.1, 0.15) is 31.9 Å². The normalized spacial score (nSPS) is 22.2. The molecule has 45 heavy (non-hydrogen) atoms. The molecule has 1 amide bonds. The number of hydrogen-bond donors (Lipinski definition) is 0. The summed E-state index contributed by atoms with van der Waals surface area (Å²) < 4.78 is 127. The van der Waals surface area contributed by atoms with Crippen molar-refractivity contribution in [3.05, 3.63) is 29.3 Å². The number of benzene rings is 1. The highest BCUT2D eigenvalue weighted by atomic mass is 19.4. The van der Waals surface area contributed by atoms with E-state index in [4.69, 9.17) is 4.74 Å². The standard InChI is InChI=1S/C28H35F9N4O4/c1-25(2,3)45-22(42)16-39-12-18-14-41(15-19(18)13-39)21-10-20(26(29,30)31)5-4-17(21)11-38-6-8-40(9-7-38)24(43)44-23(27(32,33)34)28(35,36)37/h4-5,10,18-19,23H,6-9,11-16H2,1-3H3. The van der Waals surface area contributed by atoms with Crippen molar-refractivity contribution in [1.29, 1.82) is 0 Å². The number of likely N-dealkylation sites (tertiary alicyclic amines) is 1. The number of nitrogens with zero attached hydrogens (tertiary/aromatic N) is 4. The van der Waals surface area contributed by atoms with Crippen molar-refractivity contribution in [2.45, 2.75) is 57.5 Å². The molecule has 2 atom stereocenters. The van der Waals surface area contributed by atoms with E-state index in [0.717, 1.165) is 17.0 Å². The summed E-state index contributed by atoms with van der Waals surface area (Å²) in [5, 5.41) is 0. The minimum atomic E-state index is -5.83. The van der Waals surface area contributed by atoms with Gasteiger partial charge in [-0.2, -0.15) is 39.5 Å². The molecule has 0 aliphatic carbocycles. The molecular weight excluding hydrogens is 627 g/mol. The molecule has 0 spiro atoms. The summed E-state index contributed by atoms with van der Waals surface area (Å²) >= 11 is 0. The van der Waals surface area contributed by atoms with Crippen molar-refractivity contribution in [3.8, 4) is 0 Å². The van der Waals surface area contributed by atoms with Crippen LogP contribution in [0.2, 0.25) is 0 Å². The number of alkyl halides is 9. The fraction of sp³-hybridized carbons (Fsp3) is 0.714. The zero-order valence-corrected chi connectivity index (χ0v) is 24.9. The largest absolute Gasteiger partial charge is 0.459 e. The van der Waals surface area contributed by atoms with E-state index in [-0.39, 0.29) is 57.1 Å². The quantitative estimate of drug-likeness (QED) is 0.308. The van der Waals surface area contributed by atoms with Crippen LogP contribution in [0.15, 0.2) is 18.2 Å². The predicted octanol–water partition coefficient (Wildman–Crippen LogP) is 5.16. The van der Waals surface area contributed by atoms with E-state index in [1.54, 1.807) is 25.7 Å².